The third-order valence-electron chi connectivity index (χ3n) is 4.98. The van der Waals surface area contributed by atoms with Crippen LogP contribution in [0.3, 0.4) is 0 Å². The summed E-state index contributed by atoms with van der Waals surface area (Å²) >= 11 is 0.580. The van der Waals surface area contributed by atoms with Crippen LogP contribution in [0, 0.1) is 0 Å². The van der Waals surface area contributed by atoms with Crippen molar-refractivity contribution in [1.82, 2.24) is 9.88 Å². The quantitative estimate of drug-likeness (QED) is 0.377. The van der Waals surface area contributed by atoms with E-state index in [1.807, 2.05) is 24.3 Å². The van der Waals surface area contributed by atoms with E-state index in [9.17, 15) is 35.9 Å². The summed E-state index contributed by atoms with van der Waals surface area (Å²) < 4.78 is 69.2. The molecule has 8 nitrogen and oxygen atoms in total. The molecule has 0 spiro atoms. The molecular weight excluding hydrogens is 518 g/mol. The number of aromatic nitrogens is 2. The molecule has 0 aliphatic carbocycles. The summed E-state index contributed by atoms with van der Waals surface area (Å²) in [6.45, 7) is 1.97. The Balaban J connectivity index is 0.000000454. The second-order valence-corrected chi connectivity index (χ2v) is 8.41. The van der Waals surface area contributed by atoms with Crippen LogP contribution in [0.2, 0.25) is 0 Å². The Hall–Kier alpha value is -3.75. The normalized spacial score (nSPS) is 14.3. The van der Waals surface area contributed by atoms with Crippen molar-refractivity contribution in [3.63, 3.8) is 0 Å². The average molecular weight is 534 g/mol. The lowest BCUT2D eigenvalue weighted by Gasteiger charge is -2.32. The molecule has 0 bridgehead atoms. The van der Waals surface area contributed by atoms with Gasteiger partial charge in [-0.2, -0.15) is 26.3 Å². The lowest BCUT2D eigenvalue weighted by atomic mass is 10.2. The summed E-state index contributed by atoms with van der Waals surface area (Å²) in [5, 5.41) is 9.76. The van der Waals surface area contributed by atoms with E-state index in [1.165, 1.54) is 6.07 Å². The Morgan fingerprint density at radius 2 is 1.47 bits per heavy atom. The second-order valence-electron chi connectivity index (χ2n) is 7.32. The van der Waals surface area contributed by atoms with Gasteiger partial charge in [0.05, 0.1) is 41.3 Å². The molecule has 192 valence electrons. The number of benzene rings is 1. The number of hydrogen-bond acceptors (Lipinski definition) is 7. The number of amides is 1. The van der Waals surface area contributed by atoms with Crippen molar-refractivity contribution in [1.29, 1.82) is 0 Å². The molecule has 4 rings (SSSR count). The maximum absolute atomic E-state index is 12.6. The number of thiophene rings is 1. The van der Waals surface area contributed by atoms with Gasteiger partial charge in [-0.05, 0) is 24.3 Å². The molecule has 1 amide bonds. The molecule has 3 heterocycles. The number of carboxylic acids is 1. The molecule has 0 atom stereocenters. The van der Waals surface area contributed by atoms with Gasteiger partial charge in [-0.15, -0.1) is 16.3 Å². The van der Waals surface area contributed by atoms with Crippen molar-refractivity contribution < 1.29 is 50.8 Å². The molecule has 1 aliphatic heterocycles. The van der Waals surface area contributed by atoms with Gasteiger partial charge >= 0.3 is 12.4 Å². The first kappa shape index (κ1) is 26.8. The van der Waals surface area contributed by atoms with Gasteiger partial charge in [-0.25, -0.2) is 4.98 Å². The second kappa shape index (κ2) is 10.5. The molecule has 36 heavy (non-hydrogen) atoms. The van der Waals surface area contributed by atoms with Crippen molar-refractivity contribution in [2.45, 2.75) is 12.4 Å². The molecule has 1 aliphatic rings. The van der Waals surface area contributed by atoms with Gasteiger partial charge in [-0.3, -0.25) is 14.5 Å². The third-order valence-corrected chi connectivity index (χ3v) is 6.05. The highest BCUT2D eigenvalue weighted by molar-refractivity contribution is 7.16. The fourth-order valence-electron chi connectivity index (χ4n) is 3.29. The lowest BCUT2D eigenvalue weighted by molar-refractivity contribution is -0.367. The number of piperazine rings is 1. The molecule has 1 fully saturated rings. The Labute approximate surface area is 202 Å². The van der Waals surface area contributed by atoms with Crippen molar-refractivity contribution >= 4 is 45.7 Å². The number of aromatic amines is 1. The fraction of sp³-hybridized carbons (Fsp3) is 0.286. The first-order valence-corrected chi connectivity index (χ1v) is 10.9. The van der Waals surface area contributed by atoms with Crippen LogP contribution in [-0.2, 0) is 4.79 Å². The van der Waals surface area contributed by atoms with E-state index in [0.717, 1.165) is 22.8 Å². The number of rotatable bonds is 3. The van der Waals surface area contributed by atoms with Gasteiger partial charge in [0.25, 0.3) is 11.7 Å². The number of aliphatic carboxylic acids is 1. The van der Waals surface area contributed by atoms with E-state index in [-0.39, 0.29) is 10.8 Å². The van der Waals surface area contributed by atoms with Crippen molar-refractivity contribution in [2.75, 3.05) is 31.1 Å². The number of halogens is 6. The van der Waals surface area contributed by atoms with E-state index in [2.05, 4.69) is 14.9 Å². The molecule has 1 saturated heterocycles. The highest BCUT2D eigenvalue weighted by Gasteiger charge is 2.40. The van der Waals surface area contributed by atoms with E-state index < -0.39 is 29.0 Å². The topological polar surface area (TPSA) is 108 Å². The number of anilines is 1. The van der Waals surface area contributed by atoms with E-state index >= 15 is 0 Å². The Morgan fingerprint density at radius 1 is 0.889 bits per heavy atom. The first-order chi connectivity index (χ1) is 16.8. The number of carboxylic acid groups (broad SMARTS) is 1. The largest absolute Gasteiger partial charge is 0.542 e. The minimum Gasteiger partial charge on any atom is -0.542 e. The van der Waals surface area contributed by atoms with Crippen LogP contribution in [-0.4, -0.2) is 66.1 Å². The number of carbonyl (C=O) groups excluding carboxylic acids is 3. The number of nitrogens with one attached hydrogen (secondary N) is 1. The van der Waals surface area contributed by atoms with Crippen molar-refractivity contribution in [2.24, 2.45) is 0 Å². The molecule has 3 aromatic rings. The van der Waals surface area contributed by atoms with Gasteiger partial charge in [0, 0.05) is 0 Å². The molecule has 1 N–H and O–H groups in total. The van der Waals surface area contributed by atoms with Crippen LogP contribution in [0.4, 0.5) is 32.2 Å². The molecule has 2 aromatic heterocycles. The van der Waals surface area contributed by atoms with E-state index in [0.29, 0.717) is 37.5 Å². The first-order valence-electron chi connectivity index (χ1n) is 10.1. The standard InChI is InChI=1S/C19H15F3N4O2S.C2HF3O2/c20-19(21,22)16(27)14-5-6-15(29-14)18(28)26-9-7-25(8-10-26)17-12-3-1-2-4-13(12)23-11-24-17;3-2(4,5)1(6)7/h1-6,11H,7-10H2;(H,6,7). The van der Waals surface area contributed by atoms with Gasteiger partial charge in [-0.1, -0.05) is 12.1 Å². The monoisotopic (exact) mass is 534 g/mol. The number of Topliss-reactive ketones (excluding diaryl/α,β-unsaturated/α-hetero) is 1. The molecule has 0 saturated carbocycles. The highest BCUT2D eigenvalue weighted by atomic mass is 32.1. The predicted octanol–water partition coefficient (Wildman–Crippen LogP) is 2.12. The molecule has 0 unspecified atom stereocenters. The minimum atomic E-state index is -5.19. The number of hydrogen-bond donors (Lipinski definition) is 0. The van der Waals surface area contributed by atoms with Gasteiger partial charge in [0.15, 0.2) is 5.52 Å². The number of carbonyl (C=O) groups is 3. The SMILES string of the molecule is O=C([O-])C(F)(F)F.O=C(c1ccc(C(=O)C(F)(F)F)s1)N1CCN(c2[nH+]cnc3ccccc23)CC1. The van der Waals surface area contributed by atoms with Crippen molar-refractivity contribution in [3.05, 3.63) is 52.5 Å². The van der Waals surface area contributed by atoms with Crippen LogP contribution in [0.5, 0.6) is 0 Å². The number of H-pyrrole nitrogens is 1. The number of fused-ring (bicyclic) bond motifs is 1. The van der Waals surface area contributed by atoms with E-state index in [4.69, 9.17) is 9.90 Å². The van der Waals surface area contributed by atoms with Gasteiger partial charge in [0.2, 0.25) is 12.1 Å². The summed E-state index contributed by atoms with van der Waals surface area (Å²) in [5.41, 5.74) is 0.861. The summed E-state index contributed by atoms with van der Waals surface area (Å²) in [6, 6.07) is 10.1. The lowest BCUT2D eigenvalue weighted by Crippen LogP contribution is -2.50. The van der Waals surface area contributed by atoms with Gasteiger partial charge in [0.1, 0.15) is 5.97 Å². The zero-order valence-electron chi connectivity index (χ0n) is 18.0. The molecule has 15 heteroatoms. The van der Waals surface area contributed by atoms with Crippen molar-refractivity contribution in [3.8, 4) is 0 Å². The summed E-state index contributed by atoms with van der Waals surface area (Å²) in [4.78, 5) is 43.6. The summed E-state index contributed by atoms with van der Waals surface area (Å²) in [7, 11) is 0. The van der Waals surface area contributed by atoms with Crippen LogP contribution >= 0.6 is 11.3 Å². The fourth-order valence-corrected chi connectivity index (χ4v) is 4.23. The molecule has 1 aromatic carbocycles. The summed E-state index contributed by atoms with van der Waals surface area (Å²) in [5.74, 6) is -4.38. The zero-order chi connectivity index (χ0) is 26.7. The minimum absolute atomic E-state index is 0.131. The summed E-state index contributed by atoms with van der Waals surface area (Å²) in [6.07, 6.45) is -8.51. The maximum Gasteiger partial charge on any atom is 0.455 e. The number of nitrogens with zero attached hydrogens (tertiary/aromatic N) is 3. The number of para-hydroxylation sites is 1. The average Bonchev–Trinajstić information content (AvgIpc) is 3.32. The van der Waals surface area contributed by atoms with Crippen LogP contribution in [0.15, 0.2) is 42.7 Å². The van der Waals surface area contributed by atoms with Crippen LogP contribution in [0.1, 0.15) is 19.3 Å². The predicted molar refractivity (Wildman–Crippen MR) is 112 cm³/mol. The van der Waals surface area contributed by atoms with Gasteiger partial charge < -0.3 is 14.8 Å². The van der Waals surface area contributed by atoms with Crippen LogP contribution in [0.25, 0.3) is 10.9 Å². The molecular formula is C21H16F6N4O4S. The maximum atomic E-state index is 12.6. The Kier molecular flexibility index (Phi) is 7.81. The Bertz CT molecular complexity index is 1260. The smallest absolute Gasteiger partial charge is 0.455 e. The zero-order valence-corrected chi connectivity index (χ0v) is 18.8. The number of ketones is 1. The highest BCUT2D eigenvalue weighted by Crippen LogP contribution is 2.28. The Morgan fingerprint density at radius 3 is 2.06 bits per heavy atom. The number of alkyl halides is 6. The van der Waals surface area contributed by atoms with Crippen LogP contribution < -0.4 is 15.0 Å². The van der Waals surface area contributed by atoms with E-state index in [1.54, 1.807) is 11.2 Å². The third kappa shape index (κ3) is 6.27. The molecule has 0 radical (unpaired) electrons.